The van der Waals surface area contributed by atoms with Crippen molar-refractivity contribution in [1.29, 1.82) is 0 Å². The number of rotatable bonds is 7. The number of likely N-dealkylation sites (tertiary alicyclic amines) is 1. The van der Waals surface area contributed by atoms with E-state index in [1.807, 2.05) is 29.3 Å². The molecule has 2 aliphatic heterocycles. The van der Waals surface area contributed by atoms with Gasteiger partial charge in [-0.15, -0.1) is 0 Å². The second-order valence-electron chi connectivity index (χ2n) is 8.01. The maximum absolute atomic E-state index is 11.8. The van der Waals surface area contributed by atoms with Crippen LogP contribution in [-0.2, 0) is 16.1 Å². The summed E-state index contributed by atoms with van der Waals surface area (Å²) in [4.78, 5) is 25.1. The molecule has 0 spiro atoms. The molecule has 0 saturated carbocycles. The van der Waals surface area contributed by atoms with Crippen LogP contribution in [0.4, 0.5) is 5.82 Å². The number of pyridine rings is 2. The molecule has 4 heterocycles. The predicted octanol–water partition coefficient (Wildman–Crippen LogP) is 2.67. The molecular formula is C23H30N4O4. The zero-order valence-corrected chi connectivity index (χ0v) is 18.2. The number of carbonyl (C=O) groups excluding carboxylic acids is 1. The van der Waals surface area contributed by atoms with Gasteiger partial charge in [0.2, 0.25) is 5.91 Å². The lowest BCUT2D eigenvalue weighted by Crippen LogP contribution is -2.46. The van der Waals surface area contributed by atoms with Crippen molar-refractivity contribution in [2.24, 2.45) is 0 Å². The van der Waals surface area contributed by atoms with Crippen LogP contribution in [0.1, 0.15) is 31.7 Å². The van der Waals surface area contributed by atoms with Crippen LogP contribution >= 0.6 is 0 Å². The van der Waals surface area contributed by atoms with Gasteiger partial charge in [-0.05, 0) is 36.6 Å². The normalized spacial score (nSPS) is 19.3. The van der Waals surface area contributed by atoms with Gasteiger partial charge < -0.3 is 24.0 Å². The van der Waals surface area contributed by atoms with Crippen LogP contribution in [0.25, 0.3) is 0 Å². The minimum absolute atomic E-state index is 0.0118. The monoisotopic (exact) mass is 426 g/mol. The third kappa shape index (κ3) is 5.25. The van der Waals surface area contributed by atoms with Crippen LogP contribution in [0, 0.1) is 0 Å². The molecule has 1 amide bonds. The Morgan fingerprint density at radius 2 is 2.10 bits per heavy atom. The van der Waals surface area contributed by atoms with Crippen LogP contribution in [0.5, 0.6) is 11.6 Å². The second-order valence-corrected chi connectivity index (χ2v) is 8.01. The first-order chi connectivity index (χ1) is 15.1. The third-order valence-corrected chi connectivity index (χ3v) is 5.92. The number of ether oxygens (including phenoxy) is 3. The van der Waals surface area contributed by atoms with Gasteiger partial charge in [0.15, 0.2) is 5.75 Å². The fraction of sp³-hybridized carbons (Fsp3) is 0.522. The number of hydrogen-bond donors (Lipinski definition) is 0. The first-order valence-electron chi connectivity index (χ1n) is 10.8. The molecular weight excluding hydrogens is 396 g/mol. The first kappa shape index (κ1) is 21.4. The van der Waals surface area contributed by atoms with Gasteiger partial charge in [0.05, 0.1) is 20.3 Å². The summed E-state index contributed by atoms with van der Waals surface area (Å²) in [6.07, 6.45) is 6.27. The predicted molar refractivity (Wildman–Crippen MR) is 116 cm³/mol. The smallest absolute Gasteiger partial charge is 0.259 e. The molecule has 0 radical (unpaired) electrons. The van der Waals surface area contributed by atoms with Crippen LogP contribution < -0.4 is 14.4 Å². The number of carbonyl (C=O) groups is 1. The van der Waals surface area contributed by atoms with E-state index in [4.69, 9.17) is 19.2 Å². The molecule has 0 aromatic carbocycles. The number of piperidine rings is 1. The highest BCUT2D eigenvalue weighted by atomic mass is 16.6. The number of hydrogen-bond acceptors (Lipinski definition) is 7. The lowest BCUT2D eigenvalue weighted by molar-refractivity contribution is -0.129. The summed E-state index contributed by atoms with van der Waals surface area (Å²) in [5.41, 5.74) is 1.11. The molecule has 2 aromatic rings. The molecule has 1 unspecified atom stereocenters. The van der Waals surface area contributed by atoms with Gasteiger partial charge in [0, 0.05) is 51.4 Å². The molecule has 166 valence electrons. The van der Waals surface area contributed by atoms with E-state index in [0.717, 1.165) is 43.7 Å². The molecule has 8 heteroatoms. The average Bonchev–Trinajstić information content (AvgIpc) is 3.31. The minimum Gasteiger partial charge on any atom is -0.491 e. The fourth-order valence-corrected chi connectivity index (χ4v) is 4.16. The van der Waals surface area contributed by atoms with E-state index in [2.05, 4.69) is 16.0 Å². The Kier molecular flexibility index (Phi) is 6.86. The van der Waals surface area contributed by atoms with E-state index in [1.165, 1.54) is 0 Å². The Hall–Kier alpha value is -2.87. The maximum Gasteiger partial charge on any atom is 0.259 e. The molecule has 1 atom stereocenters. The van der Waals surface area contributed by atoms with E-state index in [9.17, 15) is 4.79 Å². The van der Waals surface area contributed by atoms with Crippen LogP contribution in [0.2, 0.25) is 0 Å². The molecule has 2 fully saturated rings. The van der Waals surface area contributed by atoms with Crippen LogP contribution in [0.3, 0.4) is 0 Å². The number of nitrogens with zero attached hydrogens (tertiary/aromatic N) is 4. The summed E-state index contributed by atoms with van der Waals surface area (Å²) >= 11 is 0. The summed E-state index contributed by atoms with van der Waals surface area (Å²) in [6, 6.07) is 8.17. The van der Waals surface area contributed by atoms with Crippen molar-refractivity contribution in [1.82, 2.24) is 14.9 Å². The van der Waals surface area contributed by atoms with Crippen molar-refractivity contribution in [3.05, 3.63) is 42.2 Å². The second kappa shape index (κ2) is 9.96. The van der Waals surface area contributed by atoms with Gasteiger partial charge in [0.25, 0.3) is 5.88 Å². The Balaban J connectivity index is 1.60. The van der Waals surface area contributed by atoms with E-state index in [0.29, 0.717) is 31.4 Å². The molecule has 4 rings (SSSR count). The van der Waals surface area contributed by atoms with Gasteiger partial charge in [-0.25, -0.2) is 0 Å². The lowest BCUT2D eigenvalue weighted by Gasteiger charge is -2.39. The Morgan fingerprint density at radius 3 is 2.74 bits per heavy atom. The highest BCUT2D eigenvalue weighted by molar-refractivity contribution is 5.73. The van der Waals surface area contributed by atoms with Gasteiger partial charge >= 0.3 is 0 Å². The molecule has 2 aromatic heterocycles. The summed E-state index contributed by atoms with van der Waals surface area (Å²) in [6.45, 7) is 5.09. The third-order valence-electron chi connectivity index (χ3n) is 5.92. The Labute approximate surface area is 183 Å². The van der Waals surface area contributed by atoms with Crippen molar-refractivity contribution in [3.8, 4) is 11.6 Å². The van der Waals surface area contributed by atoms with E-state index < -0.39 is 0 Å². The number of aromatic nitrogens is 2. The molecule has 8 nitrogen and oxygen atoms in total. The number of methoxy groups -OCH3 is 1. The van der Waals surface area contributed by atoms with Crippen LogP contribution in [-0.4, -0.2) is 66.3 Å². The average molecular weight is 427 g/mol. The largest absolute Gasteiger partial charge is 0.491 e. The van der Waals surface area contributed by atoms with E-state index in [-0.39, 0.29) is 18.1 Å². The van der Waals surface area contributed by atoms with Crippen molar-refractivity contribution in [2.45, 2.75) is 44.9 Å². The van der Waals surface area contributed by atoms with Crippen molar-refractivity contribution in [2.75, 3.05) is 38.3 Å². The van der Waals surface area contributed by atoms with Gasteiger partial charge in [-0.1, -0.05) is 6.07 Å². The van der Waals surface area contributed by atoms with Gasteiger partial charge in [0.1, 0.15) is 11.9 Å². The molecule has 0 N–H and O–H groups in total. The fourth-order valence-electron chi connectivity index (χ4n) is 4.16. The standard InChI is InChI=1S/C23H30N4O4/c1-17(28)26-11-7-19(8-12-26)27(15-18-4-3-10-24-14-18)22-6-5-21(29-2)23(25-22)31-20-9-13-30-16-20/h3-6,10,14,19-20H,7-9,11-13,15-16H2,1-2H3. The maximum atomic E-state index is 11.8. The molecule has 2 saturated heterocycles. The zero-order chi connectivity index (χ0) is 21.6. The number of anilines is 1. The SMILES string of the molecule is COc1ccc(N(Cc2cccnc2)C2CCN(C(C)=O)CC2)nc1OC1CCOC1. The van der Waals surface area contributed by atoms with E-state index >= 15 is 0 Å². The summed E-state index contributed by atoms with van der Waals surface area (Å²) in [5, 5.41) is 0. The highest BCUT2D eigenvalue weighted by Gasteiger charge is 2.28. The molecule has 2 aliphatic rings. The topological polar surface area (TPSA) is 77.0 Å². The first-order valence-corrected chi connectivity index (χ1v) is 10.8. The molecule has 0 aliphatic carbocycles. The van der Waals surface area contributed by atoms with Gasteiger partial charge in [-0.2, -0.15) is 4.98 Å². The highest BCUT2D eigenvalue weighted by Crippen LogP contribution is 2.32. The van der Waals surface area contributed by atoms with Crippen molar-refractivity contribution >= 4 is 11.7 Å². The zero-order valence-electron chi connectivity index (χ0n) is 18.2. The molecule has 0 bridgehead atoms. The Bertz CT molecular complexity index is 865. The Morgan fingerprint density at radius 1 is 1.26 bits per heavy atom. The summed E-state index contributed by atoms with van der Waals surface area (Å²) in [7, 11) is 1.62. The lowest BCUT2D eigenvalue weighted by atomic mass is 10.0. The number of amides is 1. The summed E-state index contributed by atoms with van der Waals surface area (Å²) in [5.74, 6) is 2.07. The van der Waals surface area contributed by atoms with Crippen molar-refractivity contribution in [3.63, 3.8) is 0 Å². The summed E-state index contributed by atoms with van der Waals surface area (Å²) < 4.78 is 17.1. The van der Waals surface area contributed by atoms with Crippen LogP contribution in [0.15, 0.2) is 36.7 Å². The minimum atomic E-state index is -0.0118. The van der Waals surface area contributed by atoms with Crippen molar-refractivity contribution < 1.29 is 19.0 Å². The molecule has 31 heavy (non-hydrogen) atoms. The van der Waals surface area contributed by atoms with E-state index in [1.54, 1.807) is 20.2 Å². The quantitative estimate of drug-likeness (QED) is 0.674. The van der Waals surface area contributed by atoms with Gasteiger partial charge in [-0.3, -0.25) is 9.78 Å².